The highest BCUT2D eigenvalue weighted by molar-refractivity contribution is 5.67. The minimum absolute atomic E-state index is 0.116. The van der Waals surface area contributed by atoms with Crippen LogP contribution in [0.1, 0.15) is 17.2 Å². The maximum Gasteiger partial charge on any atom is 0.468 e. The molecule has 0 aliphatic heterocycles. The molecule has 2 N–H and O–H groups in total. The highest BCUT2D eigenvalue weighted by atomic mass is 19.4. The molecular weight excluding hydrogens is 245 g/mol. The van der Waals surface area contributed by atoms with Crippen LogP contribution in [0.25, 0.3) is 11.3 Å². The Labute approximate surface area is 101 Å². The number of nitrogens with two attached hydrogens (primary N) is 1. The molecule has 96 valence electrons. The second-order valence-electron chi connectivity index (χ2n) is 3.99. The molecule has 0 amide bonds. The number of aromatic nitrogens is 1. The molecule has 2 rings (SSSR count). The topological polar surface area (TPSA) is 52.0 Å². The normalized spacial score (nSPS) is 11.8. The Morgan fingerprint density at radius 2 is 1.89 bits per heavy atom. The molecule has 0 saturated carbocycles. The summed E-state index contributed by atoms with van der Waals surface area (Å²) in [5.74, 6) is -1.13. The van der Waals surface area contributed by atoms with E-state index < -0.39 is 12.1 Å². The fourth-order valence-corrected chi connectivity index (χ4v) is 1.57. The van der Waals surface area contributed by atoms with Crippen molar-refractivity contribution in [3.63, 3.8) is 0 Å². The molecule has 6 heteroatoms. The molecule has 18 heavy (non-hydrogen) atoms. The van der Waals surface area contributed by atoms with Crippen molar-refractivity contribution < 1.29 is 17.6 Å². The summed E-state index contributed by atoms with van der Waals surface area (Å²) in [5.41, 5.74) is 7.75. The predicted molar refractivity (Wildman–Crippen MR) is 60.8 cm³/mol. The van der Waals surface area contributed by atoms with Crippen LogP contribution in [0.4, 0.5) is 18.9 Å². The van der Waals surface area contributed by atoms with E-state index in [9.17, 15) is 13.2 Å². The first-order valence-electron chi connectivity index (χ1n) is 5.20. The van der Waals surface area contributed by atoms with Gasteiger partial charge in [0.1, 0.15) is 11.5 Å². The molecule has 0 atom stereocenters. The molecule has 0 bridgehead atoms. The second-order valence-corrected chi connectivity index (χ2v) is 3.99. The monoisotopic (exact) mass is 256 g/mol. The lowest BCUT2D eigenvalue weighted by molar-refractivity contribution is -0.157. The first kappa shape index (κ1) is 12.5. The Hall–Kier alpha value is -1.98. The third kappa shape index (κ3) is 2.18. The van der Waals surface area contributed by atoms with Crippen LogP contribution in [0.2, 0.25) is 0 Å². The Bertz CT molecular complexity index is 587. The Kier molecular flexibility index (Phi) is 2.80. The van der Waals surface area contributed by atoms with Crippen molar-refractivity contribution in [3.05, 3.63) is 35.4 Å². The van der Waals surface area contributed by atoms with Gasteiger partial charge in [-0.15, -0.1) is 0 Å². The maximum atomic E-state index is 12.5. The van der Waals surface area contributed by atoms with Crippen LogP contribution in [0.5, 0.6) is 0 Å². The summed E-state index contributed by atoms with van der Waals surface area (Å²) in [4.78, 5) is 3.47. The molecule has 2 aromatic rings. The Morgan fingerprint density at radius 3 is 2.39 bits per heavy atom. The van der Waals surface area contributed by atoms with E-state index in [0.29, 0.717) is 11.3 Å². The standard InChI is InChI=1S/C12H11F3N2O/c1-6-3-4-8(5-9(6)16)10-7(2)18-11(17-10)12(13,14)15/h3-5H,16H2,1-2H3. The molecule has 0 radical (unpaired) electrons. The first-order valence-corrected chi connectivity index (χ1v) is 5.20. The van der Waals surface area contributed by atoms with E-state index in [-0.39, 0.29) is 11.5 Å². The number of nitrogen functional groups attached to an aromatic ring is 1. The van der Waals surface area contributed by atoms with E-state index in [4.69, 9.17) is 5.73 Å². The summed E-state index contributed by atoms with van der Waals surface area (Å²) in [6.45, 7) is 3.25. The molecule has 0 spiro atoms. The molecule has 1 heterocycles. The smallest absolute Gasteiger partial charge is 0.438 e. The lowest BCUT2D eigenvalue weighted by Crippen LogP contribution is -2.04. The van der Waals surface area contributed by atoms with Gasteiger partial charge >= 0.3 is 12.1 Å². The summed E-state index contributed by atoms with van der Waals surface area (Å²) < 4.78 is 42.0. The minimum atomic E-state index is -4.58. The Morgan fingerprint density at radius 1 is 1.22 bits per heavy atom. The van der Waals surface area contributed by atoms with Gasteiger partial charge in [-0.2, -0.15) is 13.2 Å². The van der Waals surface area contributed by atoms with Gasteiger partial charge in [-0.25, -0.2) is 4.98 Å². The van der Waals surface area contributed by atoms with Crippen LogP contribution >= 0.6 is 0 Å². The number of halogens is 3. The summed E-state index contributed by atoms with van der Waals surface area (Å²) in [6.07, 6.45) is -4.58. The van der Waals surface area contributed by atoms with Crippen molar-refractivity contribution >= 4 is 5.69 Å². The number of oxazole rings is 1. The van der Waals surface area contributed by atoms with Crippen molar-refractivity contribution in [2.75, 3.05) is 5.73 Å². The van der Waals surface area contributed by atoms with Crippen molar-refractivity contribution in [2.45, 2.75) is 20.0 Å². The summed E-state index contributed by atoms with van der Waals surface area (Å²) in [7, 11) is 0. The van der Waals surface area contributed by atoms with Gasteiger partial charge < -0.3 is 10.2 Å². The van der Waals surface area contributed by atoms with Gasteiger partial charge in [0.25, 0.3) is 0 Å². The molecule has 0 aliphatic rings. The van der Waals surface area contributed by atoms with Crippen LogP contribution in [-0.4, -0.2) is 4.98 Å². The lowest BCUT2D eigenvalue weighted by Gasteiger charge is -2.02. The lowest BCUT2D eigenvalue weighted by atomic mass is 10.1. The fraction of sp³-hybridized carbons (Fsp3) is 0.250. The van der Waals surface area contributed by atoms with Crippen molar-refractivity contribution in [1.29, 1.82) is 0 Å². The zero-order valence-corrected chi connectivity index (χ0v) is 9.80. The number of nitrogens with zero attached hydrogens (tertiary/aromatic N) is 1. The van der Waals surface area contributed by atoms with E-state index >= 15 is 0 Å². The summed E-state index contributed by atoms with van der Waals surface area (Å²) in [6, 6.07) is 4.98. The summed E-state index contributed by atoms with van der Waals surface area (Å²) >= 11 is 0. The molecule has 0 saturated heterocycles. The van der Waals surface area contributed by atoms with Crippen LogP contribution < -0.4 is 5.73 Å². The molecule has 1 aromatic heterocycles. The van der Waals surface area contributed by atoms with Crippen LogP contribution in [0.15, 0.2) is 22.6 Å². The van der Waals surface area contributed by atoms with Gasteiger partial charge in [0.05, 0.1) is 0 Å². The molecule has 0 aliphatic carbocycles. The van der Waals surface area contributed by atoms with Gasteiger partial charge in [0.15, 0.2) is 0 Å². The Balaban J connectivity index is 2.51. The van der Waals surface area contributed by atoms with Crippen molar-refractivity contribution in [3.8, 4) is 11.3 Å². The van der Waals surface area contributed by atoms with E-state index in [1.807, 2.05) is 6.92 Å². The van der Waals surface area contributed by atoms with Crippen molar-refractivity contribution in [2.24, 2.45) is 0 Å². The molecule has 3 nitrogen and oxygen atoms in total. The predicted octanol–water partition coefficient (Wildman–Crippen LogP) is 3.56. The zero-order valence-electron chi connectivity index (χ0n) is 9.80. The number of hydrogen-bond acceptors (Lipinski definition) is 3. The van der Waals surface area contributed by atoms with Gasteiger partial charge in [0, 0.05) is 11.3 Å². The second kappa shape index (κ2) is 4.04. The largest absolute Gasteiger partial charge is 0.468 e. The SMILES string of the molecule is Cc1ccc(-c2nc(C(F)(F)F)oc2C)cc1N. The highest BCUT2D eigenvalue weighted by Crippen LogP contribution is 2.33. The maximum absolute atomic E-state index is 12.5. The number of aryl methyl sites for hydroxylation is 2. The van der Waals surface area contributed by atoms with E-state index in [2.05, 4.69) is 9.40 Å². The number of benzene rings is 1. The number of rotatable bonds is 1. The fourth-order valence-electron chi connectivity index (χ4n) is 1.57. The third-order valence-electron chi connectivity index (χ3n) is 2.59. The van der Waals surface area contributed by atoms with Gasteiger partial charge in [-0.05, 0) is 25.5 Å². The quantitative estimate of drug-likeness (QED) is 0.794. The molecule has 1 aromatic carbocycles. The zero-order chi connectivity index (χ0) is 13.5. The van der Waals surface area contributed by atoms with E-state index in [0.717, 1.165) is 5.56 Å². The highest BCUT2D eigenvalue weighted by Gasteiger charge is 2.38. The average Bonchev–Trinajstić information content (AvgIpc) is 2.64. The number of anilines is 1. The number of alkyl halides is 3. The minimum Gasteiger partial charge on any atom is -0.438 e. The third-order valence-corrected chi connectivity index (χ3v) is 2.59. The molecule has 0 fully saturated rings. The van der Waals surface area contributed by atoms with Gasteiger partial charge in [0.2, 0.25) is 0 Å². The van der Waals surface area contributed by atoms with Crippen LogP contribution in [0, 0.1) is 13.8 Å². The average molecular weight is 256 g/mol. The summed E-state index contributed by atoms with van der Waals surface area (Å²) in [5, 5.41) is 0. The van der Waals surface area contributed by atoms with Crippen LogP contribution in [0.3, 0.4) is 0 Å². The molecule has 0 unspecified atom stereocenters. The molecular formula is C12H11F3N2O. The van der Waals surface area contributed by atoms with Crippen molar-refractivity contribution in [1.82, 2.24) is 4.98 Å². The first-order chi connectivity index (χ1) is 8.29. The van der Waals surface area contributed by atoms with Gasteiger partial charge in [-0.1, -0.05) is 12.1 Å². The van der Waals surface area contributed by atoms with Gasteiger partial charge in [-0.3, -0.25) is 0 Å². The van der Waals surface area contributed by atoms with E-state index in [1.165, 1.54) is 6.92 Å². The van der Waals surface area contributed by atoms with Crippen LogP contribution in [-0.2, 0) is 6.18 Å². The van der Waals surface area contributed by atoms with E-state index in [1.54, 1.807) is 18.2 Å². The number of hydrogen-bond donors (Lipinski definition) is 1.